The summed E-state index contributed by atoms with van der Waals surface area (Å²) >= 11 is 6.03. The standard InChI is InChI=1S/C27H22ClN5O3/c1-36-20-12-8-18(9-13-20)23-15-24(29)31-33(23)26(34)16-32-25(14-17-6-10-19(28)11-7-17)30-22-5-3-2-4-21(22)27(32)35/h2-13,15H,14,16H2,1H3,(H2,29,31). The van der Waals surface area contributed by atoms with Crippen LogP contribution in [0, 0.1) is 0 Å². The van der Waals surface area contributed by atoms with Gasteiger partial charge in [0.15, 0.2) is 0 Å². The van der Waals surface area contributed by atoms with Crippen LogP contribution in [-0.4, -0.2) is 32.3 Å². The van der Waals surface area contributed by atoms with E-state index < -0.39 is 5.91 Å². The Morgan fingerprint density at radius 1 is 1.03 bits per heavy atom. The first kappa shape index (κ1) is 23.3. The highest BCUT2D eigenvalue weighted by molar-refractivity contribution is 6.30. The van der Waals surface area contributed by atoms with Crippen LogP contribution in [0.1, 0.15) is 16.2 Å². The first-order chi connectivity index (χ1) is 17.4. The molecule has 0 bridgehead atoms. The molecule has 3 aromatic carbocycles. The van der Waals surface area contributed by atoms with Gasteiger partial charge in [0.25, 0.3) is 11.5 Å². The number of methoxy groups -OCH3 is 1. The molecule has 36 heavy (non-hydrogen) atoms. The number of carbonyl (C=O) groups excluding carboxylic acids is 1. The lowest BCUT2D eigenvalue weighted by atomic mass is 10.1. The van der Waals surface area contributed by atoms with Crippen molar-refractivity contribution in [1.29, 1.82) is 0 Å². The quantitative estimate of drug-likeness (QED) is 0.370. The zero-order valence-corrected chi connectivity index (χ0v) is 20.1. The molecule has 0 aliphatic heterocycles. The largest absolute Gasteiger partial charge is 0.497 e. The van der Waals surface area contributed by atoms with Crippen LogP contribution in [-0.2, 0) is 13.0 Å². The van der Waals surface area contributed by atoms with Crippen molar-refractivity contribution in [3.8, 4) is 17.0 Å². The number of rotatable bonds is 6. The summed E-state index contributed by atoms with van der Waals surface area (Å²) in [5.74, 6) is 0.916. The Labute approximate surface area is 211 Å². The normalized spacial score (nSPS) is 11.1. The van der Waals surface area contributed by atoms with Crippen LogP contribution in [0.3, 0.4) is 0 Å². The van der Waals surface area contributed by atoms with Crippen molar-refractivity contribution in [2.75, 3.05) is 12.8 Å². The van der Waals surface area contributed by atoms with Gasteiger partial charge in [-0.25, -0.2) is 4.98 Å². The average molecular weight is 500 g/mol. The van der Waals surface area contributed by atoms with Crippen molar-refractivity contribution in [3.63, 3.8) is 0 Å². The number of aromatic nitrogens is 4. The minimum absolute atomic E-state index is 0.194. The number of carbonyl (C=O) groups is 1. The van der Waals surface area contributed by atoms with Crippen molar-refractivity contribution < 1.29 is 9.53 Å². The number of nitrogen functional groups attached to an aromatic ring is 1. The highest BCUT2D eigenvalue weighted by Crippen LogP contribution is 2.24. The average Bonchev–Trinajstić information content (AvgIpc) is 3.29. The molecule has 2 N–H and O–H groups in total. The van der Waals surface area contributed by atoms with E-state index in [9.17, 15) is 9.59 Å². The number of hydrogen-bond donors (Lipinski definition) is 1. The molecule has 0 aliphatic rings. The fourth-order valence-electron chi connectivity index (χ4n) is 4.06. The van der Waals surface area contributed by atoms with E-state index >= 15 is 0 Å². The smallest absolute Gasteiger partial charge is 0.267 e. The fraction of sp³-hybridized carbons (Fsp3) is 0.111. The van der Waals surface area contributed by atoms with Gasteiger partial charge in [-0.05, 0) is 54.1 Å². The summed E-state index contributed by atoms with van der Waals surface area (Å²) in [6, 6.07) is 23.2. The third-order valence-corrected chi connectivity index (χ3v) is 6.11. The summed E-state index contributed by atoms with van der Waals surface area (Å²) in [6.07, 6.45) is 0.344. The van der Waals surface area contributed by atoms with Crippen LogP contribution in [0.25, 0.3) is 22.2 Å². The van der Waals surface area contributed by atoms with Gasteiger partial charge in [0.2, 0.25) is 0 Å². The molecule has 5 aromatic rings. The molecule has 0 saturated carbocycles. The summed E-state index contributed by atoms with van der Waals surface area (Å²) in [4.78, 5) is 31.7. The molecule has 0 spiro atoms. The predicted molar refractivity (Wildman–Crippen MR) is 140 cm³/mol. The SMILES string of the molecule is COc1ccc(-c2cc(N)nn2C(=O)Cn2c(Cc3ccc(Cl)cc3)nc3ccccc3c2=O)cc1. The Morgan fingerprint density at radius 3 is 2.47 bits per heavy atom. The van der Waals surface area contributed by atoms with Gasteiger partial charge in [0.05, 0.1) is 23.7 Å². The number of ether oxygens (including phenoxy) is 1. The number of benzene rings is 3. The minimum atomic E-state index is -0.422. The molecule has 2 heterocycles. The van der Waals surface area contributed by atoms with Gasteiger partial charge in [-0.3, -0.25) is 14.2 Å². The topological polar surface area (TPSA) is 105 Å². The van der Waals surface area contributed by atoms with Gasteiger partial charge in [-0.1, -0.05) is 35.9 Å². The lowest BCUT2D eigenvalue weighted by Crippen LogP contribution is -2.31. The van der Waals surface area contributed by atoms with Crippen LogP contribution in [0.15, 0.2) is 83.7 Å². The zero-order chi connectivity index (χ0) is 25.2. The second kappa shape index (κ2) is 9.67. The van der Waals surface area contributed by atoms with Crippen molar-refractivity contribution in [3.05, 3.63) is 106 Å². The molecule has 9 heteroatoms. The summed E-state index contributed by atoms with van der Waals surface area (Å²) < 4.78 is 7.84. The number of halogens is 1. The number of para-hydroxylation sites is 1. The molecule has 0 amide bonds. The van der Waals surface area contributed by atoms with Gasteiger partial charge < -0.3 is 10.5 Å². The molecule has 5 rings (SSSR count). The Kier molecular flexibility index (Phi) is 6.26. The highest BCUT2D eigenvalue weighted by atomic mass is 35.5. The number of anilines is 1. The van der Waals surface area contributed by atoms with E-state index in [1.165, 1.54) is 9.25 Å². The van der Waals surface area contributed by atoms with Crippen LogP contribution in [0.5, 0.6) is 5.75 Å². The highest BCUT2D eigenvalue weighted by Gasteiger charge is 2.19. The van der Waals surface area contributed by atoms with Gasteiger partial charge in [-0.15, -0.1) is 5.10 Å². The van der Waals surface area contributed by atoms with Crippen LogP contribution in [0.4, 0.5) is 5.82 Å². The van der Waals surface area contributed by atoms with E-state index in [2.05, 4.69) is 5.10 Å². The second-order valence-electron chi connectivity index (χ2n) is 8.23. The molecule has 0 atom stereocenters. The van der Waals surface area contributed by atoms with E-state index in [1.807, 2.05) is 30.3 Å². The van der Waals surface area contributed by atoms with E-state index in [1.54, 1.807) is 55.6 Å². The molecule has 8 nitrogen and oxygen atoms in total. The summed E-state index contributed by atoms with van der Waals surface area (Å²) in [5, 5.41) is 5.25. The molecule has 0 aliphatic carbocycles. The Bertz CT molecular complexity index is 1620. The van der Waals surface area contributed by atoms with Gasteiger partial charge in [0, 0.05) is 23.1 Å². The van der Waals surface area contributed by atoms with Gasteiger partial charge >= 0.3 is 0 Å². The Morgan fingerprint density at radius 2 is 1.75 bits per heavy atom. The zero-order valence-electron chi connectivity index (χ0n) is 19.4. The number of nitrogens with two attached hydrogens (primary N) is 1. The molecule has 180 valence electrons. The van der Waals surface area contributed by atoms with Crippen molar-refractivity contribution in [1.82, 2.24) is 19.3 Å². The first-order valence-corrected chi connectivity index (χ1v) is 11.6. The maximum Gasteiger partial charge on any atom is 0.267 e. The fourth-order valence-corrected chi connectivity index (χ4v) is 4.18. The second-order valence-corrected chi connectivity index (χ2v) is 8.66. The molecule has 0 unspecified atom stereocenters. The van der Waals surface area contributed by atoms with Crippen molar-refractivity contribution in [2.45, 2.75) is 13.0 Å². The van der Waals surface area contributed by atoms with E-state index in [4.69, 9.17) is 27.1 Å². The minimum Gasteiger partial charge on any atom is -0.497 e. The van der Waals surface area contributed by atoms with E-state index in [-0.39, 0.29) is 17.9 Å². The maximum absolute atomic E-state index is 13.5. The predicted octanol–water partition coefficient (Wildman–Crippen LogP) is 4.44. The maximum atomic E-state index is 13.5. The number of hydrogen-bond acceptors (Lipinski definition) is 6. The Hall–Kier alpha value is -4.43. The first-order valence-electron chi connectivity index (χ1n) is 11.2. The lowest BCUT2D eigenvalue weighted by Gasteiger charge is -2.14. The van der Waals surface area contributed by atoms with Crippen molar-refractivity contribution >= 4 is 34.2 Å². The summed E-state index contributed by atoms with van der Waals surface area (Å²) in [6.45, 7) is -0.260. The third kappa shape index (κ3) is 4.58. The molecule has 0 saturated heterocycles. The molecular formula is C27H22ClN5O3. The number of nitrogens with zero attached hydrogens (tertiary/aromatic N) is 4. The van der Waals surface area contributed by atoms with Crippen LogP contribution in [0.2, 0.25) is 5.02 Å². The molecular weight excluding hydrogens is 478 g/mol. The molecule has 2 aromatic heterocycles. The monoisotopic (exact) mass is 499 g/mol. The molecule has 0 fully saturated rings. The summed E-state index contributed by atoms with van der Waals surface area (Å²) in [5.41, 5.74) is 8.37. The van der Waals surface area contributed by atoms with Gasteiger partial charge in [0.1, 0.15) is 23.9 Å². The van der Waals surface area contributed by atoms with E-state index in [0.717, 1.165) is 11.1 Å². The lowest BCUT2D eigenvalue weighted by molar-refractivity contribution is 0.0875. The van der Waals surface area contributed by atoms with Gasteiger partial charge in [-0.2, -0.15) is 4.68 Å². The third-order valence-electron chi connectivity index (χ3n) is 5.86. The Balaban J connectivity index is 1.56. The molecule has 0 radical (unpaired) electrons. The summed E-state index contributed by atoms with van der Waals surface area (Å²) in [7, 11) is 1.58. The van der Waals surface area contributed by atoms with Crippen LogP contribution >= 0.6 is 11.6 Å². The van der Waals surface area contributed by atoms with Crippen molar-refractivity contribution in [2.24, 2.45) is 0 Å². The number of fused-ring (bicyclic) bond motifs is 1. The van der Waals surface area contributed by atoms with E-state index in [0.29, 0.717) is 39.6 Å². The van der Waals surface area contributed by atoms with Crippen LogP contribution < -0.4 is 16.0 Å².